The number of nitrogens with one attached hydrogen (secondary N) is 1. The van der Waals surface area contributed by atoms with Crippen LogP contribution in [0.25, 0.3) is 0 Å². The second-order valence-corrected chi connectivity index (χ2v) is 5.82. The van der Waals surface area contributed by atoms with Gasteiger partial charge in [-0.1, -0.05) is 6.07 Å². The zero-order valence-electron chi connectivity index (χ0n) is 13.4. The summed E-state index contributed by atoms with van der Waals surface area (Å²) < 4.78 is 43.1. The second kappa shape index (κ2) is 7.21. The number of benzene rings is 1. The summed E-state index contributed by atoms with van der Waals surface area (Å²) >= 11 is 0. The molecule has 0 radical (unpaired) electrons. The summed E-state index contributed by atoms with van der Waals surface area (Å²) in [5.74, 6) is -1.22. The fourth-order valence-electron chi connectivity index (χ4n) is 2.68. The van der Waals surface area contributed by atoms with E-state index < -0.39 is 23.6 Å². The molecule has 1 aromatic rings. The number of hydrogen-bond acceptors (Lipinski definition) is 3. The van der Waals surface area contributed by atoms with Gasteiger partial charge in [0.05, 0.1) is 24.1 Å². The summed E-state index contributed by atoms with van der Waals surface area (Å²) in [4.78, 5) is 25.8. The zero-order valence-corrected chi connectivity index (χ0v) is 13.4. The Bertz CT molecular complexity index is 619. The first-order valence-corrected chi connectivity index (χ1v) is 7.49. The lowest BCUT2D eigenvalue weighted by Gasteiger charge is -2.23. The third-order valence-electron chi connectivity index (χ3n) is 3.93. The smallest absolute Gasteiger partial charge is 0.383 e. The van der Waals surface area contributed by atoms with Gasteiger partial charge in [0.1, 0.15) is 0 Å². The van der Waals surface area contributed by atoms with E-state index in [-0.39, 0.29) is 30.6 Å². The first-order chi connectivity index (χ1) is 11.2. The van der Waals surface area contributed by atoms with Gasteiger partial charge >= 0.3 is 6.18 Å². The number of hydrogen-bond donors (Lipinski definition) is 1. The quantitative estimate of drug-likeness (QED) is 0.893. The van der Waals surface area contributed by atoms with E-state index in [0.717, 1.165) is 12.1 Å². The highest BCUT2D eigenvalue weighted by Gasteiger charge is 2.37. The Hall–Kier alpha value is -2.09. The van der Waals surface area contributed by atoms with Crippen molar-refractivity contribution in [3.63, 3.8) is 0 Å². The van der Waals surface area contributed by atoms with Crippen LogP contribution in [0.4, 0.5) is 18.9 Å². The summed E-state index contributed by atoms with van der Waals surface area (Å²) in [6.45, 7) is 2.40. The highest BCUT2D eigenvalue weighted by molar-refractivity contribution is 5.97. The molecule has 1 aliphatic rings. The van der Waals surface area contributed by atoms with Gasteiger partial charge in [0.2, 0.25) is 11.8 Å². The van der Waals surface area contributed by atoms with E-state index in [1.54, 1.807) is 4.90 Å². The predicted octanol–water partition coefficient (Wildman–Crippen LogP) is 2.53. The molecule has 24 heavy (non-hydrogen) atoms. The van der Waals surface area contributed by atoms with E-state index in [9.17, 15) is 22.8 Å². The Kier molecular flexibility index (Phi) is 5.48. The van der Waals surface area contributed by atoms with Crippen LogP contribution in [0, 0.1) is 5.92 Å². The van der Waals surface area contributed by atoms with E-state index in [2.05, 4.69) is 5.32 Å². The van der Waals surface area contributed by atoms with Crippen molar-refractivity contribution in [2.24, 2.45) is 5.92 Å². The van der Waals surface area contributed by atoms with Crippen LogP contribution >= 0.6 is 0 Å². The van der Waals surface area contributed by atoms with Gasteiger partial charge in [0, 0.05) is 25.8 Å². The molecule has 0 aromatic heterocycles. The lowest BCUT2D eigenvalue weighted by atomic mass is 10.1. The van der Waals surface area contributed by atoms with Gasteiger partial charge in [-0.2, -0.15) is 13.2 Å². The molecule has 1 heterocycles. The largest absolute Gasteiger partial charge is 0.416 e. The molecule has 2 atom stereocenters. The Balaban J connectivity index is 2.02. The van der Waals surface area contributed by atoms with E-state index in [4.69, 9.17) is 4.74 Å². The van der Waals surface area contributed by atoms with Crippen LogP contribution in [0.1, 0.15) is 18.9 Å². The highest BCUT2D eigenvalue weighted by Crippen LogP contribution is 2.31. The van der Waals surface area contributed by atoms with Crippen molar-refractivity contribution >= 4 is 17.5 Å². The van der Waals surface area contributed by atoms with Crippen molar-refractivity contribution in [3.8, 4) is 0 Å². The minimum Gasteiger partial charge on any atom is -0.383 e. The standard InChI is InChI=1S/C16H19F3N2O3/c1-10(9-24-2)21-8-11(6-14(21)22)15(23)20-13-5-3-4-12(7-13)16(17,18)19/h3-5,7,10-11H,6,8-9H2,1-2H3,(H,20,23)/t10-,11+/m1/s1. The zero-order chi connectivity index (χ0) is 17.9. The SMILES string of the molecule is COC[C@@H](C)N1C[C@@H](C(=O)Nc2cccc(C(F)(F)F)c2)CC1=O. The molecule has 1 aromatic carbocycles. The topological polar surface area (TPSA) is 58.6 Å². The molecule has 0 aliphatic carbocycles. The Morgan fingerprint density at radius 1 is 1.46 bits per heavy atom. The molecule has 2 rings (SSSR count). The van der Waals surface area contributed by atoms with Crippen LogP contribution in [-0.2, 0) is 20.5 Å². The first kappa shape index (κ1) is 18.3. The number of halogens is 3. The molecule has 5 nitrogen and oxygen atoms in total. The number of anilines is 1. The molecular weight excluding hydrogens is 325 g/mol. The minimum atomic E-state index is -4.48. The van der Waals surface area contributed by atoms with Gasteiger partial charge in [-0.25, -0.2) is 0 Å². The summed E-state index contributed by atoms with van der Waals surface area (Å²) in [6.07, 6.45) is -4.44. The number of rotatable bonds is 5. The number of carbonyl (C=O) groups is 2. The summed E-state index contributed by atoms with van der Waals surface area (Å²) in [7, 11) is 1.52. The van der Waals surface area contributed by atoms with Gasteiger partial charge in [0.25, 0.3) is 0 Å². The van der Waals surface area contributed by atoms with Crippen LogP contribution in [0.5, 0.6) is 0 Å². The van der Waals surface area contributed by atoms with Crippen LogP contribution in [0.2, 0.25) is 0 Å². The maximum Gasteiger partial charge on any atom is 0.416 e. The average Bonchev–Trinajstić information content (AvgIpc) is 2.89. The number of methoxy groups -OCH3 is 1. The van der Waals surface area contributed by atoms with Gasteiger partial charge in [-0.3, -0.25) is 9.59 Å². The number of carbonyl (C=O) groups excluding carboxylic acids is 2. The maximum absolute atomic E-state index is 12.7. The molecule has 132 valence electrons. The summed E-state index contributed by atoms with van der Waals surface area (Å²) in [5.41, 5.74) is -0.774. The molecular formula is C16H19F3N2O3. The maximum atomic E-state index is 12.7. The van der Waals surface area contributed by atoms with Crippen molar-refractivity contribution < 1.29 is 27.5 Å². The van der Waals surface area contributed by atoms with Crippen molar-refractivity contribution in [2.45, 2.75) is 25.6 Å². The molecule has 0 saturated carbocycles. The fraction of sp³-hybridized carbons (Fsp3) is 0.500. The van der Waals surface area contributed by atoms with Crippen molar-refractivity contribution in [3.05, 3.63) is 29.8 Å². The van der Waals surface area contributed by atoms with Crippen molar-refractivity contribution in [1.82, 2.24) is 4.90 Å². The van der Waals surface area contributed by atoms with E-state index >= 15 is 0 Å². The molecule has 2 amide bonds. The van der Waals surface area contributed by atoms with Gasteiger partial charge < -0.3 is 15.0 Å². The first-order valence-electron chi connectivity index (χ1n) is 7.49. The summed E-state index contributed by atoms with van der Waals surface area (Å²) in [5, 5.41) is 2.46. The Morgan fingerprint density at radius 3 is 2.79 bits per heavy atom. The molecule has 1 saturated heterocycles. The van der Waals surface area contributed by atoms with E-state index in [1.807, 2.05) is 6.92 Å². The molecule has 1 N–H and O–H groups in total. The lowest BCUT2D eigenvalue weighted by Crippen LogP contribution is -2.38. The normalized spacial score (nSPS) is 19.5. The fourth-order valence-corrected chi connectivity index (χ4v) is 2.68. The van der Waals surface area contributed by atoms with Gasteiger partial charge in [-0.05, 0) is 25.1 Å². The number of amides is 2. The average molecular weight is 344 g/mol. The number of nitrogens with zero attached hydrogens (tertiary/aromatic N) is 1. The van der Waals surface area contributed by atoms with Crippen LogP contribution in [0.3, 0.4) is 0 Å². The molecule has 0 unspecified atom stereocenters. The van der Waals surface area contributed by atoms with E-state index in [0.29, 0.717) is 6.61 Å². The lowest BCUT2D eigenvalue weighted by molar-refractivity contribution is -0.137. The number of alkyl halides is 3. The predicted molar refractivity (Wildman–Crippen MR) is 81.2 cm³/mol. The number of likely N-dealkylation sites (tertiary alicyclic amines) is 1. The Morgan fingerprint density at radius 2 is 2.17 bits per heavy atom. The molecule has 0 bridgehead atoms. The third-order valence-corrected chi connectivity index (χ3v) is 3.93. The minimum absolute atomic E-state index is 0.0405. The van der Waals surface area contributed by atoms with E-state index in [1.165, 1.54) is 19.2 Å². The molecule has 8 heteroatoms. The number of ether oxygens (including phenoxy) is 1. The second-order valence-electron chi connectivity index (χ2n) is 5.82. The van der Waals surface area contributed by atoms with Crippen molar-refractivity contribution in [1.29, 1.82) is 0 Å². The van der Waals surface area contributed by atoms with Crippen LogP contribution < -0.4 is 5.32 Å². The monoisotopic (exact) mass is 344 g/mol. The van der Waals surface area contributed by atoms with Gasteiger partial charge in [0.15, 0.2) is 0 Å². The molecule has 0 spiro atoms. The molecule has 1 fully saturated rings. The third kappa shape index (κ3) is 4.25. The summed E-state index contributed by atoms with van der Waals surface area (Å²) in [6, 6.07) is 4.26. The highest BCUT2D eigenvalue weighted by atomic mass is 19.4. The molecule has 1 aliphatic heterocycles. The van der Waals surface area contributed by atoms with Crippen LogP contribution in [0.15, 0.2) is 24.3 Å². The Labute approximate surface area is 137 Å². The van der Waals surface area contributed by atoms with Crippen LogP contribution in [-0.4, -0.2) is 43.0 Å². The van der Waals surface area contributed by atoms with Gasteiger partial charge in [-0.15, -0.1) is 0 Å². The van der Waals surface area contributed by atoms with Crippen molar-refractivity contribution in [2.75, 3.05) is 25.6 Å².